The topological polar surface area (TPSA) is 39.2 Å². The number of para-hydroxylation sites is 1. The molecule has 0 fully saturated rings. The first-order chi connectivity index (χ1) is 9.15. The van der Waals surface area contributed by atoms with E-state index in [0.29, 0.717) is 5.56 Å². The van der Waals surface area contributed by atoms with Crippen LogP contribution in [-0.2, 0) is 0 Å². The maximum absolute atomic E-state index is 12.9. The summed E-state index contributed by atoms with van der Waals surface area (Å²) in [5.74, 6) is -0.487. The highest BCUT2D eigenvalue weighted by molar-refractivity contribution is 6.10. The monoisotopic (exact) mass is 263 g/mol. The van der Waals surface area contributed by atoms with Gasteiger partial charge in [0.1, 0.15) is 5.75 Å². The minimum Gasteiger partial charge on any atom is -0.495 e. The third kappa shape index (κ3) is 2.59. The average Bonchev–Trinajstić information content (AvgIpc) is 2.46. The second-order valence-electron chi connectivity index (χ2n) is 3.80. The molecule has 0 N–H and O–H groups in total. The zero-order chi connectivity index (χ0) is 13.8. The van der Waals surface area contributed by atoms with Crippen LogP contribution in [0.4, 0.5) is 8.78 Å². The van der Waals surface area contributed by atoms with Gasteiger partial charge in [-0.05, 0) is 24.3 Å². The van der Waals surface area contributed by atoms with Crippen molar-refractivity contribution in [2.24, 2.45) is 0 Å². The molecule has 5 heteroatoms. The molecule has 0 spiro atoms. The molecule has 0 radical (unpaired) electrons. The Hall–Kier alpha value is -2.30. The fraction of sp³-hybridized carbons (Fsp3) is 0.143. The van der Waals surface area contributed by atoms with Gasteiger partial charge < -0.3 is 4.74 Å². The van der Waals surface area contributed by atoms with Crippen LogP contribution in [0.25, 0.3) is 0 Å². The minimum absolute atomic E-state index is 0.0913. The standard InChI is InChI=1S/C14H11F2NO2/c1-19-13-10(5-2-6-11(13)14(15)16)12(18)9-4-3-7-17-8-9/h2-8,14H,1H3. The summed E-state index contributed by atoms with van der Waals surface area (Å²) in [6.07, 6.45) is 0.219. The molecule has 0 bridgehead atoms. The van der Waals surface area contributed by atoms with E-state index in [1.54, 1.807) is 12.1 Å². The molecular formula is C14H11F2NO2. The van der Waals surface area contributed by atoms with Crippen LogP contribution in [0, 0.1) is 0 Å². The zero-order valence-corrected chi connectivity index (χ0v) is 10.1. The second-order valence-corrected chi connectivity index (χ2v) is 3.80. The van der Waals surface area contributed by atoms with E-state index in [9.17, 15) is 13.6 Å². The fourth-order valence-electron chi connectivity index (χ4n) is 1.79. The summed E-state index contributed by atoms with van der Waals surface area (Å²) in [5.41, 5.74) is 0.137. The Labute approximate surface area is 108 Å². The summed E-state index contributed by atoms with van der Waals surface area (Å²) < 4.78 is 30.7. The predicted molar refractivity (Wildman–Crippen MR) is 65.6 cm³/mol. The lowest BCUT2D eigenvalue weighted by Crippen LogP contribution is -2.06. The van der Waals surface area contributed by atoms with Gasteiger partial charge in [-0.15, -0.1) is 0 Å². The Morgan fingerprint density at radius 1 is 1.26 bits per heavy atom. The molecule has 0 aliphatic carbocycles. The van der Waals surface area contributed by atoms with Crippen molar-refractivity contribution in [3.05, 3.63) is 59.4 Å². The van der Waals surface area contributed by atoms with Gasteiger partial charge in [0.05, 0.1) is 18.2 Å². The van der Waals surface area contributed by atoms with Crippen molar-refractivity contribution in [1.29, 1.82) is 0 Å². The van der Waals surface area contributed by atoms with E-state index in [0.717, 1.165) is 0 Å². The number of halogens is 2. The predicted octanol–water partition coefficient (Wildman–Crippen LogP) is 3.26. The number of alkyl halides is 2. The fourth-order valence-corrected chi connectivity index (χ4v) is 1.79. The number of aromatic nitrogens is 1. The lowest BCUT2D eigenvalue weighted by molar-refractivity contribution is 0.103. The van der Waals surface area contributed by atoms with Crippen molar-refractivity contribution in [2.45, 2.75) is 6.43 Å². The molecule has 1 aromatic carbocycles. The van der Waals surface area contributed by atoms with Crippen molar-refractivity contribution in [2.75, 3.05) is 7.11 Å². The van der Waals surface area contributed by atoms with Crippen LogP contribution in [0.1, 0.15) is 27.9 Å². The van der Waals surface area contributed by atoms with Gasteiger partial charge in [0.15, 0.2) is 5.78 Å². The second kappa shape index (κ2) is 5.56. The molecule has 98 valence electrons. The van der Waals surface area contributed by atoms with Crippen LogP contribution in [0.15, 0.2) is 42.7 Å². The van der Waals surface area contributed by atoms with Gasteiger partial charge in [0.2, 0.25) is 0 Å². The Balaban J connectivity index is 2.51. The molecule has 0 aliphatic rings. The number of benzene rings is 1. The van der Waals surface area contributed by atoms with Gasteiger partial charge in [0, 0.05) is 18.0 Å². The van der Waals surface area contributed by atoms with Crippen LogP contribution >= 0.6 is 0 Å². The summed E-state index contributed by atoms with van der Waals surface area (Å²) in [7, 11) is 1.27. The van der Waals surface area contributed by atoms with E-state index in [2.05, 4.69) is 4.98 Å². The normalized spacial score (nSPS) is 10.5. The summed E-state index contributed by atoms with van der Waals surface area (Å²) in [6.45, 7) is 0. The average molecular weight is 263 g/mol. The third-order valence-electron chi connectivity index (χ3n) is 2.65. The molecular weight excluding hydrogens is 252 g/mol. The van der Waals surface area contributed by atoms with E-state index in [4.69, 9.17) is 4.74 Å². The van der Waals surface area contributed by atoms with Gasteiger partial charge in [-0.2, -0.15) is 0 Å². The molecule has 0 unspecified atom stereocenters. The lowest BCUT2D eigenvalue weighted by Gasteiger charge is -2.12. The SMILES string of the molecule is COc1c(C(=O)c2cccnc2)cccc1C(F)F. The van der Waals surface area contributed by atoms with E-state index >= 15 is 0 Å². The molecule has 2 aromatic rings. The lowest BCUT2D eigenvalue weighted by atomic mass is 10.0. The van der Waals surface area contributed by atoms with Crippen molar-refractivity contribution in [1.82, 2.24) is 4.98 Å². The number of methoxy groups -OCH3 is 1. The highest BCUT2D eigenvalue weighted by atomic mass is 19.3. The maximum Gasteiger partial charge on any atom is 0.267 e. The van der Waals surface area contributed by atoms with Crippen molar-refractivity contribution in [3.8, 4) is 5.75 Å². The van der Waals surface area contributed by atoms with Crippen molar-refractivity contribution >= 4 is 5.78 Å². The Morgan fingerprint density at radius 2 is 2.05 bits per heavy atom. The molecule has 0 atom stereocenters. The van der Waals surface area contributed by atoms with Crippen LogP contribution in [0.5, 0.6) is 5.75 Å². The Bertz CT molecular complexity index is 585. The number of rotatable bonds is 4. The van der Waals surface area contributed by atoms with E-state index < -0.39 is 12.2 Å². The van der Waals surface area contributed by atoms with Crippen LogP contribution in [-0.4, -0.2) is 17.9 Å². The molecule has 0 aliphatic heterocycles. The molecule has 2 rings (SSSR count). The van der Waals surface area contributed by atoms with E-state index in [1.807, 2.05) is 0 Å². The van der Waals surface area contributed by atoms with Gasteiger partial charge in [-0.1, -0.05) is 6.07 Å². The minimum atomic E-state index is -2.70. The highest BCUT2D eigenvalue weighted by Crippen LogP contribution is 2.32. The molecule has 1 heterocycles. The molecule has 1 aromatic heterocycles. The van der Waals surface area contributed by atoms with Crippen molar-refractivity contribution < 1.29 is 18.3 Å². The molecule has 19 heavy (non-hydrogen) atoms. The van der Waals surface area contributed by atoms with Gasteiger partial charge in [0.25, 0.3) is 6.43 Å². The molecule has 0 saturated carbocycles. The number of pyridine rings is 1. The quantitative estimate of drug-likeness (QED) is 0.795. The summed E-state index contributed by atoms with van der Waals surface area (Å²) in [5, 5.41) is 0. The molecule has 3 nitrogen and oxygen atoms in total. The summed E-state index contributed by atoms with van der Waals surface area (Å²) in [4.78, 5) is 16.1. The van der Waals surface area contributed by atoms with Crippen molar-refractivity contribution in [3.63, 3.8) is 0 Å². The third-order valence-corrected chi connectivity index (χ3v) is 2.65. The van der Waals surface area contributed by atoms with E-state index in [1.165, 1.54) is 37.7 Å². The van der Waals surface area contributed by atoms with Gasteiger partial charge >= 0.3 is 0 Å². The maximum atomic E-state index is 12.9. The first-order valence-corrected chi connectivity index (χ1v) is 5.55. The summed E-state index contributed by atoms with van der Waals surface area (Å²) in [6, 6.07) is 7.29. The van der Waals surface area contributed by atoms with E-state index in [-0.39, 0.29) is 16.9 Å². The van der Waals surface area contributed by atoms with Gasteiger partial charge in [-0.3, -0.25) is 9.78 Å². The number of ketones is 1. The summed E-state index contributed by atoms with van der Waals surface area (Å²) >= 11 is 0. The Kier molecular flexibility index (Phi) is 3.85. The molecule has 0 amide bonds. The number of ether oxygens (including phenoxy) is 1. The largest absolute Gasteiger partial charge is 0.495 e. The first-order valence-electron chi connectivity index (χ1n) is 5.55. The molecule has 0 saturated heterocycles. The number of nitrogens with zero attached hydrogens (tertiary/aromatic N) is 1. The van der Waals surface area contributed by atoms with Crippen LogP contribution < -0.4 is 4.74 Å². The Morgan fingerprint density at radius 3 is 2.63 bits per heavy atom. The number of hydrogen-bond donors (Lipinski definition) is 0. The number of carbonyl (C=O) groups is 1. The zero-order valence-electron chi connectivity index (χ0n) is 10.1. The van der Waals surface area contributed by atoms with Gasteiger partial charge in [-0.25, -0.2) is 8.78 Å². The van der Waals surface area contributed by atoms with Crippen LogP contribution in [0.2, 0.25) is 0 Å². The number of carbonyl (C=O) groups excluding carboxylic acids is 1. The smallest absolute Gasteiger partial charge is 0.267 e. The van der Waals surface area contributed by atoms with Crippen LogP contribution in [0.3, 0.4) is 0 Å². The first kappa shape index (κ1) is 13.1. The number of hydrogen-bond acceptors (Lipinski definition) is 3. The highest BCUT2D eigenvalue weighted by Gasteiger charge is 2.21.